The molecule has 0 radical (unpaired) electrons. The maximum Gasteiger partial charge on any atom is 0.0130 e. The van der Waals surface area contributed by atoms with Gasteiger partial charge in [-0.15, -0.1) is 0 Å². The highest BCUT2D eigenvalue weighted by atomic mass is 127. The van der Waals surface area contributed by atoms with Crippen LogP contribution in [-0.4, -0.2) is 0 Å². The van der Waals surface area contributed by atoms with Gasteiger partial charge in [0.2, 0.25) is 0 Å². The Morgan fingerprint density at radius 3 is 2.62 bits per heavy atom. The molecule has 1 N–H and O–H groups in total. The molecule has 1 nitrogen and oxygen atoms in total. The van der Waals surface area contributed by atoms with E-state index < -0.39 is 21.0 Å². The van der Waals surface area contributed by atoms with E-state index in [1.54, 1.807) is 0 Å². The van der Waals surface area contributed by atoms with Crippen LogP contribution in [0.3, 0.4) is 0 Å². The van der Waals surface area contributed by atoms with E-state index in [0.717, 1.165) is 0 Å². The van der Waals surface area contributed by atoms with Crippen molar-refractivity contribution in [3.8, 4) is 0 Å². The van der Waals surface area contributed by atoms with Crippen molar-refractivity contribution in [2.75, 3.05) is 0 Å². The molecule has 2 heteroatoms. The molecule has 0 fully saturated rings. The minimum atomic E-state index is -0.404. The number of hydrogen-bond acceptors (Lipinski definition) is 1. The summed E-state index contributed by atoms with van der Waals surface area (Å²) in [6, 6.07) is 0. The minimum absolute atomic E-state index is 0.404. The first-order valence-corrected chi connectivity index (χ1v) is 4.72. The Balaban J connectivity index is 3.69. The first-order valence-electron chi connectivity index (χ1n) is 2.40. The van der Waals surface area contributed by atoms with Crippen LogP contribution in [0.1, 0.15) is 13.8 Å². The van der Waals surface area contributed by atoms with Crippen LogP contribution in [0, 0.1) is 3.56 Å². The van der Waals surface area contributed by atoms with Crippen molar-refractivity contribution in [1.29, 1.82) is 3.56 Å². The standard InChI is InChI=1S/C6H10IN/c1-3-6(2)4-5-7-8/h3-5,8H,1-2H3/b5-4-,6-3+. The largest absolute Gasteiger partial charge is 0.274 e. The van der Waals surface area contributed by atoms with Crippen LogP contribution in [0.4, 0.5) is 0 Å². The van der Waals surface area contributed by atoms with Crippen molar-refractivity contribution >= 4 is 21.0 Å². The lowest BCUT2D eigenvalue weighted by Crippen LogP contribution is -1.59. The number of hydrogen-bond donors (Lipinski definition) is 1. The first kappa shape index (κ1) is 8.01. The molecular weight excluding hydrogens is 213 g/mol. The summed E-state index contributed by atoms with van der Waals surface area (Å²) < 4.78 is 8.81. The molecule has 0 amide bonds. The third-order valence-electron chi connectivity index (χ3n) is 0.844. The lowest BCUT2D eigenvalue weighted by Gasteiger charge is -1.81. The van der Waals surface area contributed by atoms with E-state index in [0.29, 0.717) is 0 Å². The third kappa shape index (κ3) is 4.18. The Labute approximate surface area is 60.4 Å². The van der Waals surface area contributed by atoms with Gasteiger partial charge in [0, 0.05) is 21.0 Å². The smallest absolute Gasteiger partial charge is 0.0130 e. The molecule has 8 heavy (non-hydrogen) atoms. The Hall–Kier alpha value is 0.01000. The van der Waals surface area contributed by atoms with Gasteiger partial charge < -0.3 is 0 Å². The summed E-state index contributed by atoms with van der Waals surface area (Å²) in [5, 5.41) is 0. The van der Waals surface area contributed by atoms with E-state index in [9.17, 15) is 0 Å². The molecule has 0 aromatic carbocycles. The molecular formula is C6H10IN. The van der Waals surface area contributed by atoms with Crippen molar-refractivity contribution in [3.63, 3.8) is 0 Å². The maximum atomic E-state index is 6.87. The number of allylic oxidation sites excluding steroid dienone is 3. The molecule has 0 heterocycles. The monoisotopic (exact) mass is 223 g/mol. The molecule has 0 aliphatic heterocycles. The Bertz CT molecular complexity index is 124. The molecule has 0 aromatic rings. The molecule has 0 saturated carbocycles. The summed E-state index contributed by atoms with van der Waals surface area (Å²) in [5.74, 6) is 0. The summed E-state index contributed by atoms with van der Waals surface area (Å²) in [6.07, 6.45) is 4.04. The van der Waals surface area contributed by atoms with E-state index in [2.05, 4.69) is 0 Å². The number of nitrogens with one attached hydrogen (secondary N) is 1. The third-order valence-corrected chi connectivity index (χ3v) is 1.56. The van der Waals surface area contributed by atoms with Gasteiger partial charge in [0.15, 0.2) is 0 Å². The summed E-state index contributed by atoms with van der Waals surface area (Å²) in [4.78, 5) is 0. The SMILES string of the molecule is C/C=C(C)/C=C\I=N. The molecule has 0 saturated heterocycles. The van der Waals surface area contributed by atoms with Crippen LogP contribution in [-0.2, 0) is 0 Å². The number of halogens is 1. The molecule has 0 aliphatic carbocycles. The van der Waals surface area contributed by atoms with E-state index in [-0.39, 0.29) is 0 Å². The average molecular weight is 223 g/mol. The van der Waals surface area contributed by atoms with Crippen LogP contribution in [0.15, 0.2) is 21.8 Å². The van der Waals surface area contributed by atoms with Crippen LogP contribution >= 0.6 is 21.0 Å². The minimum Gasteiger partial charge on any atom is -0.274 e. The fraction of sp³-hybridized carbons (Fsp3) is 0.333. The van der Waals surface area contributed by atoms with Gasteiger partial charge in [-0.25, -0.2) is 0 Å². The van der Waals surface area contributed by atoms with Crippen molar-refractivity contribution in [2.24, 2.45) is 0 Å². The van der Waals surface area contributed by atoms with Gasteiger partial charge in [-0.2, -0.15) is 0 Å². The molecule has 0 unspecified atom stereocenters. The van der Waals surface area contributed by atoms with Gasteiger partial charge in [0.25, 0.3) is 0 Å². The van der Waals surface area contributed by atoms with E-state index in [1.807, 2.05) is 30.1 Å². The molecule has 46 valence electrons. The van der Waals surface area contributed by atoms with Crippen molar-refractivity contribution in [3.05, 3.63) is 21.8 Å². The Kier molecular flexibility index (Phi) is 5.16. The highest BCUT2D eigenvalue weighted by Gasteiger charge is 1.71. The fourth-order valence-corrected chi connectivity index (χ4v) is 0.974. The van der Waals surface area contributed by atoms with Gasteiger partial charge >= 0.3 is 0 Å². The van der Waals surface area contributed by atoms with Crippen molar-refractivity contribution in [1.82, 2.24) is 0 Å². The zero-order chi connectivity index (χ0) is 6.41. The van der Waals surface area contributed by atoms with E-state index >= 15 is 0 Å². The van der Waals surface area contributed by atoms with Crippen LogP contribution in [0.5, 0.6) is 0 Å². The first-order chi connectivity index (χ1) is 3.81. The predicted molar refractivity (Wildman–Crippen MR) is 45.3 cm³/mol. The van der Waals surface area contributed by atoms with Crippen LogP contribution < -0.4 is 0 Å². The molecule has 0 aromatic heterocycles. The summed E-state index contributed by atoms with van der Waals surface area (Å²) >= 11 is -0.404. The van der Waals surface area contributed by atoms with Crippen molar-refractivity contribution in [2.45, 2.75) is 13.8 Å². The Morgan fingerprint density at radius 1 is 1.62 bits per heavy atom. The van der Waals surface area contributed by atoms with Gasteiger partial charge in [-0.3, -0.25) is 3.56 Å². The van der Waals surface area contributed by atoms with E-state index in [1.165, 1.54) is 5.57 Å². The van der Waals surface area contributed by atoms with Gasteiger partial charge in [0.05, 0.1) is 0 Å². The predicted octanol–water partition coefficient (Wildman–Crippen LogP) is 3.20. The highest BCUT2D eigenvalue weighted by Crippen LogP contribution is 2.00. The molecule has 0 bridgehead atoms. The molecule has 0 spiro atoms. The van der Waals surface area contributed by atoms with Crippen LogP contribution in [0.25, 0.3) is 0 Å². The lowest BCUT2D eigenvalue weighted by molar-refractivity contribution is 1.49. The summed E-state index contributed by atoms with van der Waals surface area (Å²) in [6.45, 7) is 4.04. The lowest BCUT2D eigenvalue weighted by atomic mass is 10.3. The zero-order valence-corrected chi connectivity index (χ0v) is 7.27. The maximum absolute atomic E-state index is 6.87. The second kappa shape index (κ2) is 5.15. The molecule has 0 atom stereocenters. The van der Waals surface area contributed by atoms with Gasteiger partial charge in [0.1, 0.15) is 0 Å². The number of rotatable bonds is 2. The zero-order valence-electron chi connectivity index (χ0n) is 5.11. The Morgan fingerprint density at radius 2 is 2.25 bits per heavy atom. The van der Waals surface area contributed by atoms with E-state index in [4.69, 9.17) is 3.56 Å². The normalized spacial score (nSPS) is 13.0. The average Bonchev–Trinajstić information content (AvgIpc) is 1.83. The second-order valence-corrected chi connectivity index (χ2v) is 2.78. The molecule has 0 aliphatic rings. The highest BCUT2D eigenvalue weighted by molar-refractivity contribution is 14.2. The molecule has 0 rings (SSSR count). The quantitative estimate of drug-likeness (QED) is 0.549. The summed E-state index contributed by atoms with van der Waals surface area (Å²) in [5.41, 5.74) is 1.25. The van der Waals surface area contributed by atoms with Crippen LogP contribution in [0.2, 0.25) is 0 Å². The fourth-order valence-electron chi connectivity index (χ4n) is 0.227. The van der Waals surface area contributed by atoms with Gasteiger partial charge in [-0.1, -0.05) is 17.7 Å². The van der Waals surface area contributed by atoms with Crippen molar-refractivity contribution < 1.29 is 0 Å². The topological polar surface area (TPSA) is 23.9 Å². The second-order valence-electron chi connectivity index (χ2n) is 1.43. The summed E-state index contributed by atoms with van der Waals surface area (Å²) in [7, 11) is 0. The van der Waals surface area contributed by atoms with Gasteiger partial charge in [-0.05, 0) is 17.9 Å².